The first-order valence-corrected chi connectivity index (χ1v) is 5.05. The average Bonchev–Trinajstić information content (AvgIpc) is 3.01. The quantitative estimate of drug-likeness (QED) is 0.417. The molecular formula is C14H22Mg. The second-order valence-corrected chi connectivity index (χ2v) is 2.18. The summed E-state index contributed by atoms with van der Waals surface area (Å²) < 4.78 is 0. The molecule has 0 spiro atoms. The molecule has 2 aliphatic carbocycles. The maximum absolute atomic E-state index is 3.25. The van der Waals surface area contributed by atoms with Crippen molar-refractivity contribution >= 4 is 23.1 Å². The van der Waals surface area contributed by atoms with E-state index in [-0.39, 0.29) is 23.1 Å². The maximum Gasteiger partial charge on any atom is 2.00 e. The molecule has 0 fully saturated rings. The molecule has 0 radical (unpaired) electrons. The van der Waals surface area contributed by atoms with Crippen molar-refractivity contribution in [1.82, 2.24) is 0 Å². The van der Waals surface area contributed by atoms with Crippen LogP contribution in [-0.2, 0) is 0 Å². The second kappa shape index (κ2) is 23.5. The van der Waals surface area contributed by atoms with E-state index >= 15 is 0 Å². The smallest absolute Gasteiger partial charge is 0.346 e. The predicted molar refractivity (Wildman–Crippen MR) is 73.6 cm³/mol. The van der Waals surface area contributed by atoms with E-state index in [0.717, 1.165) is 12.8 Å². The first-order chi connectivity index (χ1) is 7.00. The molecule has 0 saturated carbocycles. The van der Waals surface area contributed by atoms with Crippen molar-refractivity contribution in [3.8, 4) is 0 Å². The molecule has 0 nitrogen and oxygen atoms in total. The minimum Gasteiger partial charge on any atom is -0.346 e. The van der Waals surface area contributed by atoms with Crippen LogP contribution in [0.4, 0.5) is 0 Å². The van der Waals surface area contributed by atoms with Crippen LogP contribution in [0.3, 0.4) is 0 Å². The summed E-state index contributed by atoms with van der Waals surface area (Å²) in [6, 6.07) is 0. The summed E-state index contributed by atoms with van der Waals surface area (Å²) in [5.74, 6) is 0. The Hall–Kier alpha value is -0.274. The van der Waals surface area contributed by atoms with E-state index in [2.05, 4.69) is 62.5 Å². The third-order valence-electron chi connectivity index (χ3n) is 1.31. The molecule has 0 bridgehead atoms. The van der Waals surface area contributed by atoms with Crippen LogP contribution in [0.1, 0.15) is 26.7 Å². The third-order valence-corrected chi connectivity index (χ3v) is 1.31. The zero-order valence-corrected chi connectivity index (χ0v) is 11.6. The van der Waals surface area contributed by atoms with Gasteiger partial charge < -0.3 is 13.8 Å². The number of hydrogen-bond acceptors (Lipinski definition) is 0. The molecule has 15 heavy (non-hydrogen) atoms. The molecule has 0 aliphatic heterocycles. The molecule has 0 atom stereocenters. The van der Waals surface area contributed by atoms with Gasteiger partial charge in [0.1, 0.15) is 0 Å². The molecule has 0 aromatic carbocycles. The SMILES string of the molecule is C1=CCC=C1.C1=CCC=C1.[CH2-]C.[CH2-]C.[Mg+2]. The van der Waals surface area contributed by atoms with Crippen LogP contribution >= 0.6 is 0 Å². The summed E-state index contributed by atoms with van der Waals surface area (Å²) in [5, 5.41) is 0. The summed E-state index contributed by atoms with van der Waals surface area (Å²) in [5.41, 5.74) is 0. The molecule has 0 aromatic heterocycles. The number of rotatable bonds is 0. The van der Waals surface area contributed by atoms with E-state index in [9.17, 15) is 0 Å². The first kappa shape index (κ1) is 20.2. The molecule has 0 N–H and O–H groups in total. The minimum absolute atomic E-state index is 0. The molecule has 0 saturated heterocycles. The molecule has 0 unspecified atom stereocenters. The Morgan fingerprint density at radius 1 is 0.600 bits per heavy atom. The van der Waals surface area contributed by atoms with Gasteiger partial charge in [-0.15, -0.1) is 0 Å². The van der Waals surface area contributed by atoms with E-state index in [1.54, 1.807) is 13.8 Å². The van der Waals surface area contributed by atoms with Crippen LogP contribution in [0.25, 0.3) is 0 Å². The first-order valence-electron chi connectivity index (χ1n) is 5.05. The van der Waals surface area contributed by atoms with Crippen molar-refractivity contribution in [2.24, 2.45) is 0 Å². The standard InChI is InChI=1S/2C5H6.2C2H5.Mg/c2*1-2-4-5-3-1;2*1-2;/h2*1-4H,5H2;2*1H2,2H3;/q;;2*-1;+2. The zero-order valence-electron chi connectivity index (χ0n) is 10.2. The van der Waals surface area contributed by atoms with Gasteiger partial charge in [-0.25, -0.2) is 0 Å². The molecule has 2 aliphatic rings. The molecule has 0 aromatic rings. The Kier molecular flexibility index (Phi) is 31.6. The van der Waals surface area contributed by atoms with Gasteiger partial charge in [0.2, 0.25) is 0 Å². The monoisotopic (exact) mass is 214 g/mol. The van der Waals surface area contributed by atoms with Crippen LogP contribution < -0.4 is 0 Å². The van der Waals surface area contributed by atoms with Crippen molar-refractivity contribution in [3.05, 3.63) is 62.5 Å². The van der Waals surface area contributed by atoms with Crippen LogP contribution in [0.5, 0.6) is 0 Å². The maximum atomic E-state index is 3.25. The van der Waals surface area contributed by atoms with Crippen molar-refractivity contribution in [1.29, 1.82) is 0 Å². The van der Waals surface area contributed by atoms with Gasteiger partial charge in [-0.05, 0) is 12.8 Å². The Morgan fingerprint density at radius 3 is 0.867 bits per heavy atom. The van der Waals surface area contributed by atoms with Crippen molar-refractivity contribution in [3.63, 3.8) is 0 Å². The molecule has 0 amide bonds. The summed E-state index contributed by atoms with van der Waals surface area (Å²) in [6.07, 6.45) is 19.0. The van der Waals surface area contributed by atoms with E-state index in [0.29, 0.717) is 0 Å². The summed E-state index contributed by atoms with van der Waals surface area (Å²) in [7, 11) is 0. The second-order valence-electron chi connectivity index (χ2n) is 2.18. The van der Waals surface area contributed by atoms with E-state index in [1.165, 1.54) is 0 Å². The third kappa shape index (κ3) is 20.0. The fraction of sp³-hybridized carbons (Fsp3) is 0.286. The van der Waals surface area contributed by atoms with Gasteiger partial charge in [0.15, 0.2) is 0 Å². The van der Waals surface area contributed by atoms with Gasteiger partial charge in [-0.1, -0.05) is 48.6 Å². The predicted octanol–water partition coefficient (Wildman–Crippen LogP) is 4.30. The fourth-order valence-corrected chi connectivity index (χ4v) is 0.786. The molecule has 0 heterocycles. The van der Waals surface area contributed by atoms with Crippen LogP contribution in [-0.4, -0.2) is 23.1 Å². The van der Waals surface area contributed by atoms with Crippen molar-refractivity contribution in [2.75, 3.05) is 0 Å². The van der Waals surface area contributed by atoms with E-state index in [4.69, 9.17) is 0 Å². The molecule has 2 rings (SSSR count). The van der Waals surface area contributed by atoms with Crippen LogP contribution in [0.2, 0.25) is 0 Å². The summed E-state index contributed by atoms with van der Waals surface area (Å²) in [4.78, 5) is 0. The largest absolute Gasteiger partial charge is 2.00 e. The van der Waals surface area contributed by atoms with Gasteiger partial charge in [0, 0.05) is 0 Å². The fourth-order valence-electron chi connectivity index (χ4n) is 0.786. The normalized spacial score (nSPS) is 12.5. The zero-order chi connectivity index (χ0) is 11.1. The van der Waals surface area contributed by atoms with Gasteiger partial charge in [-0.3, -0.25) is 0 Å². The Morgan fingerprint density at radius 2 is 0.800 bits per heavy atom. The van der Waals surface area contributed by atoms with E-state index < -0.39 is 0 Å². The molecular weight excluding hydrogens is 192 g/mol. The average molecular weight is 215 g/mol. The number of allylic oxidation sites excluding steroid dienone is 8. The van der Waals surface area contributed by atoms with Crippen molar-refractivity contribution in [2.45, 2.75) is 26.7 Å². The van der Waals surface area contributed by atoms with Crippen LogP contribution in [0.15, 0.2) is 48.6 Å². The summed E-state index contributed by atoms with van der Waals surface area (Å²) >= 11 is 0. The Bertz CT molecular complexity index is 144. The van der Waals surface area contributed by atoms with Gasteiger partial charge in [0.25, 0.3) is 0 Å². The topological polar surface area (TPSA) is 0 Å². The molecule has 1 heteroatoms. The van der Waals surface area contributed by atoms with Crippen LogP contribution in [0, 0.1) is 13.8 Å². The Labute approximate surface area is 112 Å². The van der Waals surface area contributed by atoms with Gasteiger partial charge >= 0.3 is 23.1 Å². The minimum atomic E-state index is 0. The number of hydrogen-bond donors (Lipinski definition) is 0. The Balaban J connectivity index is -0.000000138. The van der Waals surface area contributed by atoms with Gasteiger partial charge in [-0.2, -0.15) is 13.8 Å². The summed E-state index contributed by atoms with van der Waals surface area (Å²) in [6.45, 7) is 10.0. The van der Waals surface area contributed by atoms with E-state index in [1.807, 2.05) is 0 Å². The van der Waals surface area contributed by atoms with Gasteiger partial charge in [0.05, 0.1) is 0 Å². The van der Waals surface area contributed by atoms with Crippen molar-refractivity contribution < 1.29 is 0 Å². The molecule has 80 valence electrons.